The van der Waals surface area contributed by atoms with Crippen LogP contribution in [0.25, 0.3) is 0 Å². The molecule has 7 heteroatoms. The van der Waals surface area contributed by atoms with E-state index in [9.17, 15) is 4.79 Å². The maximum atomic E-state index is 11.0. The summed E-state index contributed by atoms with van der Waals surface area (Å²) in [5, 5.41) is 9.14. The zero-order valence-electron chi connectivity index (χ0n) is 13.5. The van der Waals surface area contributed by atoms with E-state index in [2.05, 4.69) is 14.9 Å². The molecule has 1 radical (unpaired) electrons. The topological polar surface area (TPSA) is 95.9 Å². The van der Waals surface area contributed by atoms with Gasteiger partial charge in [0.05, 0.1) is 18.7 Å². The van der Waals surface area contributed by atoms with E-state index in [0.29, 0.717) is 5.95 Å². The first-order valence-electron chi connectivity index (χ1n) is 8.02. The van der Waals surface area contributed by atoms with E-state index < -0.39 is 5.91 Å². The van der Waals surface area contributed by atoms with Crippen molar-refractivity contribution < 1.29 is 4.79 Å². The minimum absolute atomic E-state index is 0.125. The molecule has 0 spiro atoms. The van der Waals surface area contributed by atoms with Crippen LogP contribution in [-0.2, 0) is 4.79 Å². The number of carbonyl (C=O) groups excluding carboxylic acids is 1. The van der Waals surface area contributed by atoms with Gasteiger partial charge in [-0.05, 0) is 30.4 Å². The second-order valence-corrected chi connectivity index (χ2v) is 6.26. The summed E-state index contributed by atoms with van der Waals surface area (Å²) >= 11 is 6.06. The van der Waals surface area contributed by atoms with Crippen LogP contribution in [0.1, 0.15) is 42.0 Å². The number of hydrogen-bond donors (Lipinski definition) is 1. The fourth-order valence-electron chi connectivity index (χ4n) is 3.06. The van der Waals surface area contributed by atoms with Crippen LogP contribution < -0.4 is 10.6 Å². The number of nitriles is 1. The highest BCUT2D eigenvalue weighted by Gasteiger charge is 2.26. The molecule has 2 aromatic rings. The van der Waals surface area contributed by atoms with E-state index in [1.54, 1.807) is 0 Å². The number of benzene rings is 1. The molecule has 2 heterocycles. The Bertz CT molecular complexity index is 815. The van der Waals surface area contributed by atoms with E-state index in [0.717, 1.165) is 36.9 Å². The Morgan fingerprint density at radius 3 is 2.76 bits per heavy atom. The smallest absolute Gasteiger partial charge is 0.227 e. The summed E-state index contributed by atoms with van der Waals surface area (Å²) in [7, 11) is 0. The van der Waals surface area contributed by atoms with E-state index >= 15 is 0 Å². The van der Waals surface area contributed by atoms with Crippen molar-refractivity contribution in [1.82, 2.24) is 9.97 Å². The molecule has 0 aliphatic carbocycles. The van der Waals surface area contributed by atoms with Gasteiger partial charge in [0, 0.05) is 6.54 Å². The third kappa shape index (κ3) is 3.89. The van der Waals surface area contributed by atoms with Crippen LogP contribution in [0.4, 0.5) is 5.95 Å². The second-order valence-electron chi connectivity index (χ2n) is 5.90. The molecule has 1 aromatic carbocycles. The van der Waals surface area contributed by atoms with Crippen LogP contribution in [0.5, 0.6) is 0 Å². The number of anilines is 1. The predicted molar refractivity (Wildman–Crippen MR) is 94.7 cm³/mol. The molecule has 3 rings (SSSR count). The Labute approximate surface area is 151 Å². The standard InChI is InChI=1S/C18H17ClN5O/c19-17-14(10-20)11-22-18(23-17)24-8-2-1-3-15(24)13-6-4-12(5-7-13)9-16(21)25/h4-7,9,11,15H,1-3,8H2,(H2,21,25). The molecule has 1 unspecified atom stereocenters. The highest BCUT2D eigenvalue weighted by atomic mass is 35.5. The highest BCUT2D eigenvalue weighted by molar-refractivity contribution is 6.30. The van der Waals surface area contributed by atoms with E-state index in [-0.39, 0.29) is 16.8 Å². The Balaban J connectivity index is 1.87. The molecule has 1 saturated heterocycles. The molecule has 2 N–H and O–H groups in total. The van der Waals surface area contributed by atoms with Crippen molar-refractivity contribution >= 4 is 23.5 Å². The fourth-order valence-corrected chi connectivity index (χ4v) is 3.23. The Kier molecular flexibility index (Phi) is 5.15. The van der Waals surface area contributed by atoms with Gasteiger partial charge in [-0.1, -0.05) is 35.9 Å². The molecule has 0 saturated carbocycles. The molecule has 1 atom stereocenters. The minimum Gasteiger partial charge on any atom is -0.369 e. The number of aromatic nitrogens is 2. The predicted octanol–water partition coefficient (Wildman–Crippen LogP) is 2.77. The lowest BCUT2D eigenvalue weighted by atomic mass is 9.94. The van der Waals surface area contributed by atoms with Crippen molar-refractivity contribution in [3.8, 4) is 6.07 Å². The Hall–Kier alpha value is -2.65. The summed E-state index contributed by atoms with van der Waals surface area (Å²) in [6.07, 6.45) is 5.98. The van der Waals surface area contributed by atoms with Gasteiger partial charge < -0.3 is 10.6 Å². The lowest BCUT2D eigenvalue weighted by Gasteiger charge is -2.36. The van der Waals surface area contributed by atoms with Crippen LogP contribution in [0.3, 0.4) is 0 Å². The average Bonchev–Trinajstić information content (AvgIpc) is 2.62. The van der Waals surface area contributed by atoms with Crippen molar-refractivity contribution in [3.05, 3.63) is 58.7 Å². The zero-order valence-corrected chi connectivity index (χ0v) is 14.3. The number of halogens is 1. The summed E-state index contributed by atoms with van der Waals surface area (Å²) in [5.74, 6) is 0.0640. The number of nitrogens with two attached hydrogens (primary N) is 1. The summed E-state index contributed by atoms with van der Waals surface area (Å²) in [6.45, 7) is 0.821. The first-order chi connectivity index (χ1) is 12.1. The highest BCUT2D eigenvalue weighted by Crippen LogP contribution is 2.34. The normalized spacial score (nSPS) is 17.1. The number of nitrogens with zero attached hydrogens (tertiary/aromatic N) is 4. The third-order valence-corrected chi connectivity index (χ3v) is 4.53. The molecular weight excluding hydrogens is 338 g/mol. The van der Waals surface area contributed by atoms with Crippen LogP contribution >= 0.6 is 11.6 Å². The number of piperidine rings is 1. The number of carbonyl (C=O) groups is 1. The fraction of sp³-hybridized carbons (Fsp3) is 0.278. The Morgan fingerprint density at radius 2 is 2.12 bits per heavy atom. The molecule has 6 nitrogen and oxygen atoms in total. The van der Waals surface area contributed by atoms with Gasteiger partial charge in [-0.2, -0.15) is 10.2 Å². The quantitative estimate of drug-likeness (QED) is 0.851. The molecule has 25 heavy (non-hydrogen) atoms. The lowest BCUT2D eigenvalue weighted by Crippen LogP contribution is -2.34. The van der Waals surface area contributed by atoms with E-state index in [1.165, 1.54) is 12.6 Å². The third-order valence-electron chi connectivity index (χ3n) is 4.24. The molecule has 1 amide bonds. The van der Waals surface area contributed by atoms with E-state index in [4.69, 9.17) is 22.6 Å². The van der Waals surface area contributed by atoms with Gasteiger partial charge in [-0.15, -0.1) is 0 Å². The van der Waals surface area contributed by atoms with Crippen molar-refractivity contribution in [2.24, 2.45) is 5.73 Å². The monoisotopic (exact) mass is 354 g/mol. The average molecular weight is 355 g/mol. The van der Waals surface area contributed by atoms with Gasteiger partial charge in [0.2, 0.25) is 11.9 Å². The van der Waals surface area contributed by atoms with Crippen LogP contribution in [-0.4, -0.2) is 22.4 Å². The van der Waals surface area contributed by atoms with E-state index in [1.807, 2.05) is 30.3 Å². The van der Waals surface area contributed by atoms with Crippen LogP contribution in [0, 0.1) is 17.8 Å². The van der Waals surface area contributed by atoms with Gasteiger partial charge in [-0.3, -0.25) is 4.79 Å². The van der Waals surface area contributed by atoms with Crippen molar-refractivity contribution in [2.45, 2.75) is 25.3 Å². The summed E-state index contributed by atoms with van der Waals surface area (Å²) in [6, 6.07) is 9.83. The maximum Gasteiger partial charge on any atom is 0.227 e. The maximum absolute atomic E-state index is 11.0. The summed E-state index contributed by atoms with van der Waals surface area (Å²) < 4.78 is 0. The van der Waals surface area contributed by atoms with Crippen LogP contribution in [0.2, 0.25) is 5.15 Å². The molecule has 1 fully saturated rings. The Morgan fingerprint density at radius 1 is 1.36 bits per heavy atom. The molecule has 1 aromatic heterocycles. The lowest BCUT2D eigenvalue weighted by molar-refractivity contribution is -0.114. The number of primary amides is 1. The van der Waals surface area contributed by atoms with Gasteiger partial charge >= 0.3 is 0 Å². The van der Waals surface area contributed by atoms with Crippen molar-refractivity contribution in [1.29, 1.82) is 5.26 Å². The molecule has 1 aliphatic heterocycles. The summed E-state index contributed by atoms with van der Waals surface area (Å²) in [4.78, 5) is 21.7. The first-order valence-corrected chi connectivity index (χ1v) is 8.39. The van der Waals surface area contributed by atoms with Crippen molar-refractivity contribution in [2.75, 3.05) is 11.4 Å². The van der Waals surface area contributed by atoms with Gasteiger partial charge in [0.25, 0.3) is 0 Å². The van der Waals surface area contributed by atoms with Gasteiger partial charge in [0.1, 0.15) is 11.6 Å². The zero-order chi connectivity index (χ0) is 17.8. The van der Waals surface area contributed by atoms with Crippen molar-refractivity contribution in [3.63, 3.8) is 0 Å². The largest absolute Gasteiger partial charge is 0.369 e. The molecular formula is C18H17ClN5O. The van der Waals surface area contributed by atoms with Gasteiger partial charge in [0.15, 0.2) is 5.15 Å². The molecule has 127 valence electrons. The first kappa shape index (κ1) is 17.2. The minimum atomic E-state index is -0.465. The number of hydrogen-bond acceptors (Lipinski definition) is 5. The molecule has 1 aliphatic rings. The van der Waals surface area contributed by atoms with Gasteiger partial charge in [-0.25, -0.2) is 4.98 Å². The SMILES string of the molecule is N#Cc1cnc(N2CCCCC2c2ccc([CH]C(N)=O)cc2)nc1Cl. The second kappa shape index (κ2) is 7.49. The number of rotatable bonds is 4. The number of amides is 1. The summed E-state index contributed by atoms with van der Waals surface area (Å²) in [5.41, 5.74) is 7.35. The van der Waals surface area contributed by atoms with Crippen LogP contribution in [0.15, 0.2) is 30.5 Å². The molecule has 0 bridgehead atoms.